The number of carboxylic acids is 4. The zero-order chi connectivity index (χ0) is 28.5. The number of aliphatic hydroxyl groups excluding tert-OH is 4. The Morgan fingerprint density at radius 2 is 0.514 bits per heavy atom. The predicted octanol–water partition coefficient (Wildman–Crippen LogP) is -2.85. The Hall–Kier alpha value is -1.57. The third kappa shape index (κ3) is 72.0. The summed E-state index contributed by atoms with van der Waals surface area (Å²) in [4.78, 5) is 39.2. The normalized spacial score (nSPS) is 9.19. The zero-order valence-electron chi connectivity index (χ0n) is 21.7. The van der Waals surface area contributed by atoms with Gasteiger partial charge in [0.15, 0.2) is 0 Å². The first-order chi connectivity index (χ1) is 17.1. The zero-order valence-corrected chi connectivity index (χ0v) is 23.3. The largest absolute Gasteiger partial charge is 4.00 e. The summed E-state index contributed by atoms with van der Waals surface area (Å²) in [7, 11) is 0. The van der Waals surface area contributed by atoms with Crippen LogP contribution in [0, 0.1) is 0 Å². The Bertz CT molecular complexity index is 416. The number of aliphatic hydroxyl groups is 4. The molecule has 37 heavy (non-hydrogen) atoms. The number of carbonyl (C=O) groups excluding carboxylic acids is 4. The van der Waals surface area contributed by atoms with Crippen molar-refractivity contribution in [2.24, 2.45) is 0 Å². The molecular weight excluding hydrogens is 528 g/mol. The van der Waals surface area contributed by atoms with Crippen molar-refractivity contribution in [2.45, 2.75) is 103 Å². The fourth-order valence-corrected chi connectivity index (χ4v) is 2.23. The summed E-state index contributed by atoms with van der Waals surface area (Å²) in [5.41, 5.74) is 0. The van der Waals surface area contributed by atoms with E-state index in [1.807, 2.05) is 0 Å². The molecular formula is C24H44O12Ti. The van der Waals surface area contributed by atoms with Crippen LogP contribution in [0.4, 0.5) is 0 Å². The first-order valence-electron chi connectivity index (χ1n) is 12.3. The average molecular weight is 572 g/mol. The monoisotopic (exact) mass is 572 g/mol. The van der Waals surface area contributed by atoms with Crippen molar-refractivity contribution in [1.82, 2.24) is 0 Å². The van der Waals surface area contributed by atoms with Gasteiger partial charge in [0.05, 0.1) is 0 Å². The van der Waals surface area contributed by atoms with Gasteiger partial charge >= 0.3 is 21.7 Å². The third-order valence-electron chi connectivity index (χ3n) is 4.16. The van der Waals surface area contributed by atoms with Crippen molar-refractivity contribution in [3.8, 4) is 0 Å². The minimum Gasteiger partial charge on any atom is -0.550 e. The van der Waals surface area contributed by atoms with E-state index >= 15 is 0 Å². The van der Waals surface area contributed by atoms with Crippen LogP contribution in [0.1, 0.15) is 103 Å². The molecule has 0 fully saturated rings. The molecule has 0 aliphatic carbocycles. The summed E-state index contributed by atoms with van der Waals surface area (Å²) in [6.45, 7) is 0.584. The van der Waals surface area contributed by atoms with Crippen molar-refractivity contribution in [2.75, 3.05) is 26.4 Å². The number of unbranched alkanes of at least 4 members (excludes halogenated alkanes) is 8. The Kier molecular flexibility index (Phi) is 50.9. The standard InChI is InChI=1S/4C6H12O3.Ti/c4*7-5-3-1-2-4-6(8)9;/h4*7H,1-5H2,(H,8,9);/q;;;;+4/p-4. The predicted molar refractivity (Wildman–Crippen MR) is 122 cm³/mol. The molecule has 13 heteroatoms. The molecule has 0 amide bonds. The van der Waals surface area contributed by atoms with Crippen molar-refractivity contribution in [3.05, 3.63) is 0 Å². The van der Waals surface area contributed by atoms with E-state index in [0.717, 1.165) is 25.7 Å². The van der Waals surface area contributed by atoms with Crippen molar-refractivity contribution in [3.63, 3.8) is 0 Å². The van der Waals surface area contributed by atoms with Crippen LogP contribution in [-0.2, 0) is 40.9 Å². The molecule has 0 unspecified atom stereocenters. The molecule has 0 aliphatic rings. The van der Waals surface area contributed by atoms with Crippen LogP contribution in [0.25, 0.3) is 0 Å². The van der Waals surface area contributed by atoms with Gasteiger partial charge in [0, 0.05) is 50.3 Å². The molecule has 0 aromatic rings. The second kappa shape index (κ2) is 41.6. The molecule has 0 saturated heterocycles. The first kappa shape index (κ1) is 45.4. The van der Waals surface area contributed by atoms with Gasteiger partial charge in [0.2, 0.25) is 0 Å². The minimum atomic E-state index is -1.01. The molecule has 4 N–H and O–H groups in total. The maximum Gasteiger partial charge on any atom is 4.00 e. The molecule has 216 valence electrons. The first-order valence-corrected chi connectivity index (χ1v) is 12.3. The molecule has 0 saturated carbocycles. The molecule has 0 bridgehead atoms. The van der Waals surface area contributed by atoms with E-state index in [0.29, 0.717) is 51.4 Å². The number of carbonyl (C=O) groups is 4. The molecule has 0 aromatic carbocycles. The van der Waals surface area contributed by atoms with E-state index in [9.17, 15) is 39.6 Å². The van der Waals surface area contributed by atoms with Gasteiger partial charge in [0.25, 0.3) is 0 Å². The number of hydrogen-bond acceptors (Lipinski definition) is 12. The summed E-state index contributed by atoms with van der Waals surface area (Å²) < 4.78 is 0. The van der Waals surface area contributed by atoms with E-state index in [1.165, 1.54) is 0 Å². The van der Waals surface area contributed by atoms with Crippen molar-refractivity contribution >= 4 is 23.9 Å². The van der Waals surface area contributed by atoms with Gasteiger partial charge in [-0.25, -0.2) is 0 Å². The average Bonchev–Trinajstić information content (AvgIpc) is 2.81. The van der Waals surface area contributed by atoms with Crippen LogP contribution in [0.2, 0.25) is 0 Å². The molecule has 0 spiro atoms. The molecule has 12 nitrogen and oxygen atoms in total. The molecule has 0 aliphatic heterocycles. The van der Waals surface area contributed by atoms with Crippen LogP contribution in [0.15, 0.2) is 0 Å². The van der Waals surface area contributed by atoms with Crippen LogP contribution in [0.5, 0.6) is 0 Å². The van der Waals surface area contributed by atoms with Gasteiger partial charge in [-0.15, -0.1) is 0 Å². The van der Waals surface area contributed by atoms with E-state index in [1.54, 1.807) is 0 Å². The summed E-state index contributed by atoms with van der Waals surface area (Å²) >= 11 is 0. The smallest absolute Gasteiger partial charge is 0.550 e. The van der Waals surface area contributed by atoms with Crippen LogP contribution in [0.3, 0.4) is 0 Å². The van der Waals surface area contributed by atoms with Gasteiger partial charge in [-0.2, -0.15) is 0 Å². The summed E-state index contributed by atoms with van der Waals surface area (Å²) in [5, 5.41) is 72.2. The van der Waals surface area contributed by atoms with Gasteiger partial charge in [-0.1, -0.05) is 25.7 Å². The number of hydrogen-bond donors (Lipinski definition) is 4. The van der Waals surface area contributed by atoms with E-state index < -0.39 is 23.9 Å². The summed E-state index contributed by atoms with van der Waals surface area (Å²) in [6.07, 6.45) is 8.72. The van der Waals surface area contributed by atoms with E-state index in [2.05, 4.69) is 0 Å². The Balaban J connectivity index is -0.000000122. The fraction of sp³-hybridized carbons (Fsp3) is 0.833. The van der Waals surface area contributed by atoms with E-state index in [-0.39, 0.29) is 73.8 Å². The van der Waals surface area contributed by atoms with Crippen LogP contribution in [-0.4, -0.2) is 70.7 Å². The van der Waals surface area contributed by atoms with Gasteiger partial charge in [0.1, 0.15) is 0 Å². The quantitative estimate of drug-likeness (QED) is 0.0851. The van der Waals surface area contributed by atoms with Crippen molar-refractivity contribution < 1.29 is 81.7 Å². The maximum atomic E-state index is 9.79. The Morgan fingerprint density at radius 1 is 0.351 bits per heavy atom. The van der Waals surface area contributed by atoms with Gasteiger partial charge in [-0.05, 0) is 77.0 Å². The molecule has 0 rings (SSSR count). The Morgan fingerprint density at radius 3 is 0.622 bits per heavy atom. The molecule has 0 aromatic heterocycles. The summed E-state index contributed by atoms with van der Waals surface area (Å²) in [6, 6.07) is 0. The maximum absolute atomic E-state index is 9.79. The SMILES string of the molecule is O=C([O-])CCCCCO.O=C([O-])CCCCCO.O=C([O-])CCCCCO.O=C([O-])CCCCCO.[Ti+4]. The van der Waals surface area contributed by atoms with Crippen molar-refractivity contribution in [1.29, 1.82) is 0 Å². The Labute approximate surface area is 234 Å². The van der Waals surface area contributed by atoms with E-state index in [4.69, 9.17) is 20.4 Å². The second-order valence-electron chi connectivity index (χ2n) is 7.63. The van der Waals surface area contributed by atoms with Gasteiger partial charge < -0.3 is 60.0 Å². The molecule has 0 radical (unpaired) electrons. The number of carboxylic acid groups (broad SMARTS) is 4. The summed E-state index contributed by atoms with van der Waals surface area (Å²) in [5.74, 6) is -4.03. The third-order valence-corrected chi connectivity index (χ3v) is 4.16. The number of aliphatic carboxylic acids is 4. The second-order valence-corrected chi connectivity index (χ2v) is 7.63. The van der Waals surface area contributed by atoms with Gasteiger partial charge in [-0.3, -0.25) is 0 Å². The van der Waals surface area contributed by atoms with Crippen LogP contribution >= 0.6 is 0 Å². The topological polar surface area (TPSA) is 241 Å². The fourth-order valence-electron chi connectivity index (χ4n) is 2.23. The molecule has 0 atom stereocenters. The number of rotatable bonds is 20. The minimum absolute atomic E-state index is 0. The van der Waals surface area contributed by atoms with Crippen LogP contribution < -0.4 is 20.4 Å². The molecule has 0 heterocycles.